The quantitative estimate of drug-likeness (QED) is 0.0245. The van der Waals surface area contributed by atoms with Gasteiger partial charge in [0, 0.05) is 19.3 Å². The van der Waals surface area contributed by atoms with E-state index in [0.717, 1.165) is 21.5 Å². The van der Waals surface area contributed by atoms with Gasteiger partial charge in [0.05, 0.1) is 0 Å². The lowest BCUT2D eigenvalue weighted by atomic mass is 9.98. The van der Waals surface area contributed by atoms with E-state index in [1.54, 1.807) is 6.07 Å². The Kier molecular flexibility index (Phi) is 18.1. The summed E-state index contributed by atoms with van der Waals surface area (Å²) in [6.07, 6.45) is 2.50. The molecular formula is C47H55N5O11PS+. The first kappa shape index (κ1) is 49.8. The van der Waals surface area contributed by atoms with Crippen LogP contribution in [0.5, 0.6) is 5.75 Å². The van der Waals surface area contributed by atoms with Crippen LogP contribution < -0.4 is 31.1 Å². The summed E-state index contributed by atoms with van der Waals surface area (Å²) < 4.78 is 14.0. The molecule has 0 radical (unpaired) electrons. The predicted octanol–water partition coefficient (Wildman–Crippen LogP) is 4.37. The first-order chi connectivity index (χ1) is 31.0. The van der Waals surface area contributed by atoms with E-state index in [9.17, 15) is 48.2 Å². The Morgan fingerprint density at radius 1 is 0.631 bits per heavy atom. The number of carboxylic acid groups (broad SMARTS) is 1. The van der Waals surface area contributed by atoms with Crippen LogP contribution in [-0.4, -0.2) is 97.7 Å². The van der Waals surface area contributed by atoms with Gasteiger partial charge in [-0.15, -0.1) is 0 Å². The maximum absolute atomic E-state index is 14.7. The second-order valence-electron chi connectivity index (χ2n) is 16.1. The van der Waals surface area contributed by atoms with Gasteiger partial charge in [-0.1, -0.05) is 111 Å². The number of hydrogen-bond donors (Lipinski definition) is 8. The van der Waals surface area contributed by atoms with Crippen LogP contribution in [0.4, 0.5) is 0 Å². The molecule has 0 heterocycles. The van der Waals surface area contributed by atoms with Crippen LogP contribution in [-0.2, 0) is 48.0 Å². The molecule has 9 N–H and O–H groups in total. The molecule has 0 saturated carbocycles. The van der Waals surface area contributed by atoms with Crippen molar-refractivity contribution in [2.45, 2.75) is 76.2 Å². The fourth-order valence-corrected chi connectivity index (χ4v) is 8.16. The van der Waals surface area contributed by atoms with Gasteiger partial charge in [-0.05, 0) is 81.1 Å². The van der Waals surface area contributed by atoms with Crippen molar-refractivity contribution in [3.8, 4) is 5.75 Å². The standard InChI is InChI=1S/C47H54N5O11PS/c1-29(2)22-39(49-43(54)38(48-28-53)20-21-65-3)44(55)50-40(26-31-12-16-33-8-4-6-10-35(33)23-31)45(56)51-41(27-32-13-17-34-9-5-7-11-36(34)24-32)46(57)52-42(47(58)59)25-30-14-18-37(19-15-30)63-64(60,61)62/h4-19,23-24,28-29,38-42H,20-22,25-27H2,1-3H3,(H,48,53)(H,49,54)(H,50,55)(H,51,56)(H,52,57)(H,58,59)(H2,60,61,62)/p+1/t38-,39-,40?,41?,42?/m0/s1. The van der Waals surface area contributed by atoms with E-state index < -0.39 is 67.6 Å². The van der Waals surface area contributed by atoms with Crippen LogP contribution in [0.1, 0.15) is 43.4 Å². The SMILES string of the molecule is CSCC[C@H](NC=O)C(=O)N[C@@H](CC(C)C)C(=O)NC(Cc1ccc2ccccc2c1)C(=O)NC(Cc1ccc2ccccc2c1)C(=O)NC(Cc1ccc(OP(O)(O)=[OH+])cc1)C(=O)O. The summed E-state index contributed by atoms with van der Waals surface area (Å²) in [6, 6.07) is 25.6. The summed E-state index contributed by atoms with van der Waals surface area (Å²) in [6.45, 7) is 3.75. The third kappa shape index (κ3) is 15.5. The smallest absolute Gasteiger partial charge is 0.480 e. The minimum absolute atomic E-state index is 0.0263. The molecule has 65 heavy (non-hydrogen) atoms. The number of nitrogens with one attached hydrogen (secondary N) is 5. The number of carboxylic acids is 1. The zero-order chi connectivity index (χ0) is 47.1. The highest BCUT2D eigenvalue weighted by Gasteiger charge is 2.33. The maximum atomic E-state index is 14.7. The molecule has 18 heteroatoms. The van der Waals surface area contributed by atoms with Crippen molar-refractivity contribution in [1.82, 2.24) is 26.6 Å². The fraction of sp³-hybridized carbons (Fsp3) is 0.319. The number of amides is 5. The zero-order valence-electron chi connectivity index (χ0n) is 36.2. The van der Waals surface area contributed by atoms with E-state index in [1.165, 1.54) is 36.0 Å². The Bertz CT molecular complexity index is 2520. The van der Waals surface area contributed by atoms with Crippen LogP contribution in [0.15, 0.2) is 109 Å². The molecule has 0 spiro atoms. The lowest BCUT2D eigenvalue weighted by Crippen LogP contribution is -2.59. The van der Waals surface area contributed by atoms with E-state index in [1.807, 2.05) is 99.0 Å². The highest BCUT2D eigenvalue weighted by atomic mass is 32.2. The molecular weight excluding hydrogens is 874 g/mol. The normalized spacial score (nSPS) is 13.8. The number of aliphatic carboxylic acids is 1. The Morgan fingerprint density at radius 3 is 1.52 bits per heavy atom. The van der Waals surface area contributed by atoms with E-state index in [-0.39, 0.29) is 37.4 Å². The van der Waals surface area contributed by atoms with Gasteiger partial charge in [-0.3, -0.25) is 24.0 Å². The number of benzene rings is 5. The largest absolute Gasteiger partial charge is 0.719 e. The molecule has 5 amide bonds. The fourth-order valence-electron chi connectivity index (χ4n) is 7.29. The summed E-state index contributed by atoms with van der Waals surface area (Å²) in [4.78, 5) is 99.2. The summed E-state index contributed by atoms with van der Waals surface area (Å²) in [5, 5.41) is 27.4. The molecule has 0 aliphatic carbocycles. The summed E-state index contributed by atoms with van der Waals surface area (Å²) >= 11 is 1.49. The molecule has 0 saturated heterocycles. The maximum Gasteiger partial charge on any atom is 0.719 e. The highest BCUT2D eigenvalue weighted by Crippen LogP contribution is 2.36. The van der Waals surface area contributed by atoms with Crippen LogP contribution in [0.2, 0.25) is 0 Å². The number of carbonyl (C=O) groups excluding carboxylic acids is 5. The van der Waals surface area contributed by atoms with Gasteiger partial charge in [0.2, 0.25) is 30.0 Å². The molecule has 5 aromatic rings. The second kappa shape index (κ2) is 23.6. The number of rotatable bonds is 24. The lowest BCUT2D eigenvalue weighted by Gasteiger charge is -2.27. The Morgan fingerprint density at radius 2 is 1.06 bits per heavy atom. The number of hydrogen-bond acceptors (Lipinski definition) is 8. The molecule has 3 unspecified atom stereocenters. The van der Waals surface area contributed by atoms with Crippen LogP contribution >= 0.6 is 19.6 Å². The minimum atomic E-state index is -4.59. The van der Waals surface area contributed by atoms with Crippen molar-refractivity contribution in [2.75, 3.05) is 12.0 Å². The molecule has 5 aromatic carbocycles. The second-order valence-corrected chi connectivity index (χ2v) is 18.2. The van der Waals surface area contributed by atoms with Gasteiger partial charge in [-0.2, -0.15) is 11.8 Å². The van der Waals surface area contributed by atoms with Gasteiger partial charge >= 0.3 is 13.8 Å². The average molecular weight is 929 g/mol. The summed E-state index contributed by atoms with van der Waals surface area (Å²) in [7, 11) is -4.59. The highest BCUT2D eigenvalue weighted by molar-refractivity contribution is 7.98. The zero-order valence-corrected chi connectivity index (χ0v) is 37.9. The van der Waals surface area contributed by atoms with Gasteiger partial charge in [-0.25, -0.2) is 19.1 Å². The van der Waals surface area contributed by atoms with Crippen molar-refractivity contribution in [3.63, 3.8) is 0 Å². The topological polar surface area (TPSA) is 254 Å². The average Bonchev–Trinajstić information content (AvgIpc) is 3.26. The third-order valence-electron chi connectivity index (χ3n) is 10.5. The van der Waals surface area contributed by atoms with Crippen LogP contribution in [0, 0.1) is 5.92 Å². The number of thioether (sulfide) groups is 1. The van der Waals surface area contributed by atoms with Crippen molar-refractivity contribution in [1.29, 1.82) is 0 Å². The van der Waals surface area contributed by atoms with Crippen LogP contribution in [0.3, 0.4) is 0 Å². The first-order valence-corrected chi connectivity index (χ1v) is 23.9. The molecule has 16 nitrogen and oxygen atoms in total. The predicted molar refractivity (Wildman–Crippen MR) is 250 cm³/mol. The number of carbonyl (C=O) groups is 6. The Balaban J connectivity index is 1.46. The Hall–Kier alpha value is -6.26. The monoisotopic (exact) mass is 928 g/mol. The molecule has 0 bridgehead atoms. The minimum Gasteiger partial charge on any atom is -0.480 e. The van der Waals surface area contributed by atoms with Gasteiger partial charge in [0.25, 0.3) is 0 Å². The van der Waals surface area contributed by atoms with Gasteiger partial charge in [0.1, 0.15) is 36.0 Å². The van der Waals surface area contributed by atoms with Gasteiger partial charge < -0.3 is 36.2 Å². The van der Waals surface area contributed by atoms with Crippen molar-refractivity contribution in [3.05, 3.63) is 126 Å². The third-order valence-corrected chi connectivity index (χ3v) is 11.6. The summed E-state index contributed by atoms with van der Waals surface area (Å²) in [5.41, 5.74) is 1.75. The van der Waals surface area contributed by atoms with Gasteiger partial charge in [0.15, 0.2) is 0 Å². The molecule has 0 aromatic heterocycles. The molecule has 0 aliphatic rings. The van der Waals surface area contributed by atoms with E-state index in [2.05, 4.69) is 26.6 Å². The summed E-state index contributed by atoms with van der Waals surface area (Å²) in [5.74, 6) is -3.76. The first-order valence-electron chi connectivity index (χ1n) is 21.0. The van der Waals surface area contributed by atoms with E-state index in [4.69, 9.17) is 4.52 Å². The molecule has 0 aliphatic heterocycles. The lowest BCUT2D eigenvalue weighted by molar-refractivity contribution is -0.142. The van der Waals surface area contributed by atoms with E-state index >= 15 is 0 Å². The Labute approximate surface area is 380 Å². The van der Waals surface area contributed by atoms with E-state index in [0.29, 0.717) is 35.3 Å². The molecule has 5 rings (SSSR count). The van der Waals surface area contributed by atoms with Crippen molar-refractivity contribution in [2.24, 2.45) is 5.92 Å². The molecule has 344 valence electrons. The van der Waals surface area contributed by atoms with Crippen molar-refractivity contribution < 1.29 is 52.7 Å². The molecule has 5 atom stereocenters. The molecule has 0 fully saturated rings. The van der Waals surface area contributed by atoms with Crippen LogP contribution in [0.25, 0.3) is 21.5 Å². The van der Waals surface area contributed by atoms with Crippen molar-refractivity contribution >= 4 is 77.1 Å². The number of fused-ring (bicyclic) bond motifs is 2.